The van der Waals surface area contributed by atoms with Crippen molar-refractivity contribution in [1.82, 2.24) is 14.3 Å². The first kappa shape index (κ1) is 15.7. The number of aryl methyl sites for hydroxylation is 1. The van der Waals surface area contributed by atoms with E-state index < -0.39 is 10.8 Å². The van der Waals surface area contributed by atoms with Gasteiger partial charge in [0, 0.05) is 35.8 Å². The Labute approximate surface area is 127 Å². The van der Waals surface area contributed by atoms with E-state index in [-0.39, 0.29) is 11.7 Å². The van der Waals surface area contributed by atoms with E-state index in [0.29, 0.717) is 18.8 Å². The van der Waals surface area contributed by atoms with Gasteiger partial charge in [-0.3, -0.25) is 9.00 Å². The van der Waals surface area contributed by atoms with Gasteiger partial charge in [-0.25, -0.2) is 4.98 Å². The average molecular weight is 307 g/mol. The second-order valence-electron chi connectivity index (χ2n) is 4.92. The Hall–Kier alpha value is -1.69. The van der Waals surface area contributed by atoms with Crippen LogP contribution in [0.25, 0.3) is 5.65 Å². The van der Waals surface area contributed by atoms with Crippen molar-refractivity contribution >= 4 is 22.4 Å². The van der Waals surface area contributed by atoms with E-state index in [2.05, 4.69) is 4.98 Å². The summed E-state index contributed by atoms with van der Waals surface area (Å²) in [6, 6.07) is 5.86. The number of rotatable bonds is 6. The molecule has 21 heavy (non-hydrogen) atoms. The van der Waals surface area contributed by atoms with Crippen LogP contribution < -0.4 is 0 Å². The van der Waals surface area contributed by atoms with Crippen molar-refractivity contribution in [3.05, 3.63) is 35.8 Å². The standard InChI is InChI=1S/C15H21N3O2S/c1-4-17(5-2)15(19)11-21(20)10-13-9-18-12(3)7-6-8-14(18)16-13/h6-9H,4-5,10-11H2,1-3H3. The molecule has 0 aliphatic carbocycles. The summed E-state index contributed by atoms with van der Waals surface area (Å²) in [6.45, 7) is 7.16. The molecule has 0 spiro atoms. The maximum absolute atomic E-state index is 12.1. The first-order chi connectivity index (χ1) is 10.0. The van der Waals surface area contributed by atoms with Crippen LogP contribution in [0.3, 0.4) is 0 Å². The van der Waals surface area contributed by atoms with Crippen molar-refractivity contribution in [3.63, 3.8) is 0 Å². The highest BCUT2D eigenvalue weighted by Gasteiger charge is 2.15. The van der Waals surface area contributed by atoms with Gasteiger partial charge in [-0.2, -0.15) is 0 Å². The summed E-state index contributed by atoms with van der Waals surface area (Å²) in [4.78, 5) is 18.1. The Morgan fingerprint density at radius 3 is 2.67 bits per heavy atom. The lowest BCUT2D eigenvalue weighted by Crippen LogP contribution is -2.34. The first-order valence-corrected chi connectivity index (χ1v) is 8.60. The van der Waals surface area contributed by atoms with Crippen LogP contribution in [0.5, 0.6) is 0 Å². The van der Waals surface area contributed by atoms with Crippen molar-refractivity contribution in [2.75, 3.05) is 18.8 Å². The highest BCUT2D eigenvalue weighted by Crippen LogP contribution is 2.10. The van der Waals surface area contributed by atoms with Crippen LogP contribution in [0.15, 0.2) is 24.4 Å². The zero-order valence-corrected chi connectivity index (χ0v) is 13.5. The normalized spacial score (nSPS) is 12.5. The SMILES string of the molecule is CCN(CC)C(=O)CS(=O)Cc1cn2c(C)cccc2n1. The number of amides is 1. The molecule has 0 bridgehead atoms. The molecule has 2 rings (SSSR count). The molecule has 0 aliphatic rings. The Balaban J connectivity index is 2.04. The Kier molecular flexibility index (Phi) is 5.12. The van der Waals surface area contributed by atoms with Crippen molar-refractivity contribution in [1.29, 1.82) is 0 Å². The van der Waals surface area contributed by atoms with E-state index in [1.54, 1.807) is 4.90 Å². The van der Waals surface area contributed by atoms with E-state index in [1.807, 2.05) is 49.6 Å². The molecule has 2 heterocycles. The molecule has 1 amide bonds. The van der Waals surface area contributed by atoms with Gasteiger partial charge >= 0.3 is 0 Å². The molecule has 2 aromatic rings. The van der Waals surface area contributed by atoms with Gasteiger partial charge in [-0.05, 0) is 32.9 Å². The first-order valence-electron chi connectivity index (χ1n) is 7.11. The fourth-order valence-electron chi connectivity index (χ4n) is 2.29. The van der Waals surface area contributed by atoms with Gasteiger partial charge in [0.1, 0.15) is 11.4 Å². The minimum Gasteiger partial charge on any atom is -0.342 e. The van der Waals surface area contributed by atoms with Gasteiger partial charge in [0.15, 0.2) is 0 Å². The lowest BCUT2D eigenvalue weighted by Gasteiger charge is -2.17. The smallest absolute Gasteiger partial charge is 0.235 e. The van der Waals surface area contributed by atoms with Crippen LogP contribution in [0.2, 0.25) is 0 Å². The zero-order valence-electron chi connectivity index (χ0n) is 12.7. The fraction of sp³-hybridized carbons (Fsp3) is 0.467. The number of nitrogens with zero attached hydrogens (tertiary/aromatic N) is 3. The molecule has 6 heteroatoms. The molecule has 1 unspecified atom stereocenters. The van der Waals surface area contributed by atoms with E-state index >= 15 is 0 Å². The largest absolute Gasteiger partial charge is 0.342 e. The molecule has 2 aromatic heterocycles. The Morgan fingerprint density at radius 2 is 2.05 bits per heavy atom. The predicted octanol–water partition coefficient (Wildman–Crippen LogP) is 1.76. The van der Waals surface area contributed by atoms with Gasteiger partial charge in [-0.15, -0.1) is 0 Å². The molecule has 1 atom stereocenters. The number of pyridine rings is 1. The van der Waals surface area contributed by atoms with Crippen LogP contribution in [0.1, 0.15) is 25.2 Å². The summed E-state index contributed by atoms with van der Waals surface area (Å²) in [5.41, 5.74) is 2.68. The Bertz CT molecular complexity index is 662. The number of hydrogen-bond acceptors (Lipinski definition) is 3. The highest BCUT2D eigenvalue weighted by atomic mass is 32.2. The number of hydrogen-bond donors (Lipinski definition) is 0. The zero-order chi connectivity index (χ0) is 15.4. The second-order valence-corrected chi connectivity index (χ2v) is 6.38. The molecule has 0 aromatic carbocycles. The van der Waals surface area contributed by atoms with E-state index in [0.717, 1.165) is 17.0 Å². The lowest BCUT2D eigenvalue weighted by atomic mass is 10.4. The molecule has 5 nitrogen and oxygen atoms in total. The molecule has 0 radical (unpaired) electrons. The molecule has 0 saturated heterocycles. The van der Waals surface area contributed by atoms with E-state index in [4.69, 9.17) is 0 Å². The van der Waals surface area contributed by atoms with Crippen molar-refractivity contribution in [3.8, 4) is 0 Å². The summed E-state index contributed by atoms with van der Waals surface area (Å²) in [6.07, 6.45) is 1.89. The predicted molar refractivity (Wildman–Crippen MR) is 84.6 cm³/mol. The van der Waals surface area contributed by atoms with E-state index in [9.17, 15) is 9.00 Å². The molecule has 0 aliphatic heterocycles. The van der Waals surface area contributed by atoms with Crippen LogP contribution in [0, 0.1) is 6.92 Å². The molecular formula is C15H21N3O2S. The fourth-order valence-corrected chi connectivity index (χ4v) is 3.32. The minimum absolute atomic E-state index is 0.0571. The summed E-state index contributed by atoms with van der Waals surface area (Å²) in [5, 5.41) is 0. The number of aromatic nitrogens is 2. The molecule has 114 valence electrons. The molecule has 0 saturated carbocycles. The molecule has 0 N–H and O–H groups in total. The number of imidazole rings is 1. The maximum Gasteiger partial charge on any atom is 0.235 e. The van der Waals surface area contributed by atoms with Gasteiger partial charge < -0.3 is 9.30 Å². The van der Waals surface area contributed by atoms with Crippen molar-refractivity contribution in [2.24, 2.45) is 0 Å². The van der Waals surface area contributed by atoms with Gasteiger partial charge in [-0.1, -0.05) is 6.07 Å². The van der Waals surface area contributed by atoms with Crippen LogP contribution in [0.4, 0.5) is 0 Å². The van der Waals surface area contributed by atoms with E-state index in [1.165, 1.54) is 0 Å². The van der Waals surface area contributed by atoms with Gasteiger partial charge in [0.05, 0.1) is 11.4 Å². The molecule has 0 fully saturated rings. The van der Waals surface area contributed by atoms with Gasteiger partial charge in [0.25, 0.3) is 0 Å². The second kappa shape index (κ2) is 6.85. The monoisotopic (exact) mass is 307 g/mol. The van der Waals surface area contributed by atoms with Crippen LogP contribution in [-0.4, -0.2) is 43.2 Å². The van der Waals surface area contributed by atoms with Crippen molar-refractivity contribution in [2.45, 2.75) is 26.5 Å². The van der Waals surface area contributed by atoms with Crippen LogP contribution >= 0.6 is 0 Å². The maximum atomic E-state index is 12.1. The van der Waals surface area contributed by atoms with Gasteiger partial charge in [0.2, 0.25) is 5.91 Å². The highest BCUT2D eigenvalue weighted by molar-refractivity contribution is 7.84. The summed E-state index contributed by atoms with van der Waals surface area (Å²) in [5.74, 6) is 0.320. The summed E-state index contributed by atoms with van der Waals surface area (Å²) < 4.78 is 14.1. The number of carbonyl (C=O) groups is 1. The summed E-state index contributed by atoms with van der Waals surface area (Å²) in [7, 11) is -1.23. The average Bonchev–Trinajstić information content (AvgIpc) is 2.83. The third-order valence-electron chi connectivity index (χ3n) is 3.46. The minimum atomic E-state index is -1.23. The number of carbonyl (C=O) groups excluding carboxylic acids is 1. The quantitative estimate of drug-likeness (QED) is 0.817. The summed E-state index contributed by atoms with van der Waals surface area (Å²) >= 11 is 0. The number of fused-ring (bicyclic) bond motifs is 1. The topological polar surface area (TPSA) is 54.7 Å². The molecular weight excluding hydrogens is 286 g/mol. The van der Waals surface area contributed by atoms with Crippen LogP contribution in [-0.2, 0) is 21.3 Å². The third kappa shape index (κ3) is 3.69. The lowest BCUT2D eigenvalue weighted by molar-refractivity contribution is -0.128. The third-order valence-corrected chi connectivity index (χ3v) is 4.64. The van der Waals surface area contributed by atoms with Crippen molar-refractivity contribution < 1.29 is 9.00 Å². The Morgan fingerprint density at radius 1 is 1.33 bits per heavy atom.